The highest BCUT2D eigenvalue weighted by molar-refractivity contribution is 6.03. The minimum atomic E-state index is -0.822. The molecule has 0 aliphatic carbocycles. The van der Waals surface area contributed by atoms with Gasteiger partial charge >= 0.3 is 11.9 Å². The Hall–Kier alpha value is -5.31. The second-order valence-corrected chi connectivity index (χ2v) is 9.91. The van der Waals surface area contributed by atoms with Crippen molar-refractivity contribution in [2.24, 2.45) is 5.10 Å². The molecule has 0 aliphatic heterocycles. The Balaban J connectivity index is 1.22. The van der Waals surface area contributed by atoms with Crippen LogP contribution in [0.15, 0.2) is 94.4 Å². The van der Waals surface area contributed by atoms with Crippen molar-refractivity contribution in [1.82, 2.24) is 9.99 Å². The first-order valence-electron chi connectivity index (χ1n) is 14.0. The number of hydrogen-bond donors (Lipinski definition) is 1. The predicted octanol–water partition coefficient (Wildman–Crippen LogP) is 6.51. The second-order valence-electron chi connectivity index (χ2n) is 9.91. The van der Waals surface area contributed by atoms with Gasteiger partial charge in [0.1, 0.15) is 23.9 Å². The summed E-state index contributed by atoms with van der Waals surface area (Å²) >= 11 is 0. The van der Waals surface area contributed by atoms with Crippen LogP contribution in [-0.4, -0.2) is 35.4 Å². The molecular formula is C34H33N3O6. The number of rotatable bonds is 11. The molecule has 0 saturated carbocycles. The third-order valence-electron chi connectivity index (χ3n) is 6.85. The molecule has 0 radical (unpaired) electrons. The highest BCUT2D eigenvalue weighted by atomic mass is 16.6. The third kappa shape index (κ3) is 6.78. The first-order chi connectivity index (χ1) is 20.8. The molecule has 5 rings (SSSR count). The molecule has 0 fully saturated rings. The van der Waals surface area contributed by atoms with Crippen LogP contribution in [0.2, 0.25) is 0 Å². The Morgan fingerprint density at radius 2 is 1.70 bits per heavy atom. The summed E-state index contributed by atoms with van der Waals surface area (Å²) in [5.74, 6) is 0.711. The second kappa shape index (κ2) is 13.1. The van der Waals surface area contributed by atoms with Crippen LogP contribution < -0.4 is 14.9 Å². The fraction of sp³-hybridized carbons (Fsp3) is 0.206. The zero-order chi connectivity index (χ0) is 30.3. The van der Waals surface area contributed by atoms with E-state index in [0.717, 1.165) is 27.8 Å². The number of amides is 1. The van der Waals surface area contributed by atoms with Crippen LogP contribution in [0.1, 0.15) is 47.1 Å². The first-order valence-corrected chi connectivity index (χ1v) is 14.0. The molecule has 43 heavy (non-hydrogen) atoms. The van der Waals surface area contributed by atoms with E-state index >= 15 is 0 Å². The summed E-state index contributed by atoms with van der Waals surface area (Å²) in [5, 5.41) is 5.94. The average Bonchev–Trinajstić information content (AvgIpc) is 3.63. The van der Waals surface area contributed by atoms with Crippen LogP contribution in [0, 0.1) is 13.8 Å². The van der Waals surface area contributed by atoms with Crippen molar-refractivity contribution in [2.45, 2.75) is 40.4 Å². The minimum Gasteiger partial charge on any atom is -0.486 e. The lowest BCUT2D eigenvalue weighted by atomic mass is 10.0. The molecule has 9 heteroatoms. The van der Waals surface area contributed by atoms with Gasteiger partial charge in [0.15, 0.2) is 11.9 Å². The molecule has 0 aliphatic rings. The van der Waals surface area contributed by atoms with E-state index in [0.29, 0.717) is 22.8 Å². The van der Waals surface area contributed by atoms with Crippen molar-refractivity contribution in [2.75, 3.05) is 6.61 Å². The van der Waals surface area contributed by atoms with Crippen LogP contribution in [0.5, 0.6) is 11.5 Å². The first kappa shape index (κ1) is 29.2. The molecule has 3 aromatic carbocycles. The molecule has 9 nitrogen and oxygen atoms in total. The van der Waals surface area contributed by atoms with Gasteiger partial charge in [0, 0.05) is 22.6 Å². The van der Waals surface area contributed by atoms with Gasteiger partial charge in [-0.25, -0.2) is 10.2 Å². The van der Waals surface area contributed by atoms with Crippen LogP contribution in [0.25, 0.3) is 16.5 Å². The number of benzene rings is 3. The molecule has 0 spiro atoms. The van der Waals surface area contributed by atoms with Gasteiger partial charge in [0.2, 0.25) is 0 Å². The van der Waals surface area contributed by atoms with E-state index in [-0.39, 0.29) is 19.0 Å². The van der Waals surface area contributed by atoms with Crippen LogP contribution >= 0.6 is 0 Å². The maximum Gasteiger partial charge on any atom is 0.347 e. The van der Waals surface area contributed by atoms with Gasteiger partial charge in [0.05, 0.1) is 12.8 Å². The molecule has 2 aromatic heterocycles. The number of nitrogens with zero attached hydrogens (tertiary/aromatic N) is 2. The summed E-state index contributed by atoms with van der Waals surface area (Å²) in [4.78, 5) is 24.9. The largest absolute Gasteiger partial charge is 0.486 e. The standard InChI is InChI=1S/C34H33N3O6/c1-5-40-34(39)24(4)42-31-18-12-25-8-6-7-9-29(25)30(31)20-35-36-33(38)32-19-17-28(43-32)21-41-27-15-13-26(14-16-27)37-22(2)10-11-23(37)3/h6-20,24H,5,21H2,1-4H3,(H,36,38)/b35-20+/t24-/m1/s1. The third-order valence-corrected chi connectivity index (χ3v) is 6.85. The Kier molecular flexibility index (Phi) is 8.90. The van der Waals surface area contributed by atoms with E-state index in [1.165, 1.54) is 6.21 Å². The minimum absolute atomic E-state index is 0.0926. The monoisotopic (exact) mass is 579 g/mol. The summed E-state index contributed by atoms with van der Waals surface area (Å²) in [6, 6.07) is 26.6. The number of hydrazone groups is 1. The molecule has 1 amide bonds. The average molecular weight is 580 g/mol. The summed E-state index contributed by atoms with van der Waals surface area (Å²) in [6.07, 6.45) is 0.665. The van der Waals surface area contributed by atoms with Gasteiger partial charge in [-0.3, -0.25) is 4.79 Å². The number of nitrogens with one attached hydrogen (secondary N) is 1. The SMILES string of the molecule is CCOC(=O)[C@@H](C)Oc1ccc2ccccc2c1/C=N/NC(=O)c1ccc(COc2ccc(-n3c(C)ccc3C)cc2)o1. The Morgan fingerprint density at radius 3 is 2.44 bits per heavy atom. The van der Waals surface area contributed by atoms with E-state index in [4.69, 9.17) is 18.6 Å². The number of ether oxygens (including phenoxy) is 3. The van der Waals surface area contributed by atoms with Gasteiger partial charge in [-0.1, -0.05) is 30.3 Å². The van der Waals surface area contributed by atoms with Gasteiger partial charge < -0.3 is 23.2 Å². The normalized spacial score (nSPS) is 11.9. The van der Waals surface area contributed by atoms with Crippen molar-refractivity contribution < 1.29 is 28.2 Å². The molecule has 2 heterocycles. The number of furan rings is 1. The fourth-order valence-electron chi connectivity index (χ4n) is 4.72. The molecule has 1 atom stereocenters. The zero-order valence-corrected chi connectivity index (χ0v) is 24.5. The Labute approximate surface area is 249 Å². The lowest BCUT2D eigenvalue weighted by molar-refractivity contribution is -0.150. The summed E-state index contributed by atoms with van der Waals surface area (Å²) in [6.45, 7) is 7.91. The molecule has 0 saturated heterocycles. The van der Waals surface area contributed by atoms with E-state index in [2.05, 4.69) is 41.1 Å². The van der Waals surface area contributed by atoms with Gasteiger partial charge in [-0.05, 0) is 93.1 Å². The molecule has 5 aromatic rings. The number of fused-ring (bicyclic) bond motifs is 1. The van der Waals surface area contributed by atoms with Crippen LogP contribution in [-0.2, 0) is 16.1 Å². The highest BCUT2D eigenvalue weighted by Gasteiger charge is 2.18. The maximum atomic E-state index is 12.8. The highest BCUT2D eigenvalue weighted by Crippen LogP contribution is 2.28. The lowest BCUT2D eigenvalue weighted by Gasteiger charge is -2.16. The number of aryl methyl sites for hydroxylation is 2. The fourth-order valence-corrected chi connectivity index (χ4v) is 4.72. The van der Waals surface area contributed by atoms with Crippen LogP contribution in [0.4, 0.5) is 0 Å². The summed E-state index contributed by atoms with van der Waals surface area (Å²) < 4.78 is 24.7. The molecule has 0 bridgehead atoms. The van der Waals surface area contributed by atoms with Crippen molar-refractivity contribution >= 4 is 28.9 Å². The number of carbonyl (C=O) groups excluding carboxylic acids is 2. The topological polar surface area (TPSA) is 104 Å². The van der Waals surface area contributed by atoms with E-state index in [9.17, 15) is 9.59 Å². The van der Waals surface area contributed by atoms with E-state index in [1.807, 2.05) is 54.6 Å². The van der Waals surface area contributed by atoms with Gasteiger partial charge in [-0.2, -0.15) is 5.10 Å². The molecule has 220 valence electrons. The summed E-state index contributed by atoms with van der Waals surface area (Å²) in [5.41, 5.74) is 6.48. The molecule has 0 unspecified atom stereocenters. The summed E-state index contributed by atoms with van der Waals surface area (Å²) in [7, 11) is 0. The van der Waals surface area contributed by atoms with Crippen molar-refractivity contribution in [3.05, 3.63) is 113 Å². The number of esters is 1. The quantitative estimate of drug-likeness (QED) is 0.109. The Bertz CT molecular complexity index is 1750. The molecular weight excluding hydrogens is 546 g/mol. The van der Waals surface area contributed by atoms with Gasteiger partial charge in [0.25, 0.3) is 0 Å². The Morgan fingerprint density at radius 1 is 0.953 bits per heavy atom. The number of hydrogen-bond acceptors (Lipinski definition) is 7. The van der Waals surface area contributed by atoms with Crippen LogP contribution in [0.3, 0.4) is 0 Å². The lowest BCUT2D eigenvalue weighted by Crippen LogP contribution is -2.26. The zero-order valence-electron chi connectivity index (χ0n) is 24.5. The molecule has 1 N–H and O–H groups in total. The smallest absolute Gasteiger partial charge is 0.347 e. The number of carbonyl (C=O) groups is 2. The van der Waals surface area contributed by atoms with Crippen molar-refractivity contribution in [3.63, 3.8) is 0 Å². The number of aromatic nitrogens is 1. The predicted molar refractivity (Wildman–Crippen MR) is 164 cm³/mol. The van der Waals surface area contributed by atoms with E-state index in [1.54, 1.807) is 32.0 Å². The van der Waals surface area contributed by atoms with Crippen molar-refractivity contribution in [1.29, 1.82) is 0 Å². The van der Waals surface area contributed by atoms with E-state index < -0.39 is 18.0 Å². The maximum absolute atomic E-state index is 12.8. The van der Waals surface area contributed by atoms with Gasteiger partial charge in [-0.15, -0.1) is 0 Å². The van der Waals surface area contributed by atoms with Crippen molar-refractivity contribution in [3.8, 4) is 17.2 Å².